The third-order valence-electron chi connectivity index (χ3n) is 2.90. The monoisotopic (exact) mass is 212 g/mol. The van der Waals surface area contributed by atoms with Crippen molar-refractivity contribution in [1.82, 2.24) is 0 Å². The van der Waals surface area contributed by atoms with Gasteiger partial charge >= 0.3 is 0 Å². The van der Waals surface area contributed by atoms with Crippen LogP contribution in [0, 0.1) is 11.8 Å². The van der Waals surface area contributed by atoms with Crippen LogP contribution in [0.3, 0.4) is 0 Å². The summed E-state index contributed by atoms with van der Waals surface area (Å²) in [4.78, 5) is 1.27. The van der Waals surface area contributed by atoms with E-state index < -0.39 is 0 Å². The molecule has 0 N–H and O–H groups in total. The van der Waals surface area contributed by atoms with Crippen LogP contribution in [0.15, 0.2) is 35.2 Å². The van der Waals surface area contributed by atoms with Crippen LogP contribution in [0.5, 0.6) is 0 Å². The first-order chi connectivity index (χ1) is 6.14. The molecule has 1 fully saturated rings. The first-order valence-corrected chi connectivity index (χ1v) is 5.77. The van der Waals surface area contributed by atoms with Gasteiger partial charge in [-0.2, -0.15) is 0 Å². The summed E-state index contributed by atoms with van der Waals surface area (Å²) in [5, 5.41) is 0. The summed E-state index contributed by atoms with van der Waals surface area (Å²) in [6.45, 7) is 4.43. The van der Waals surface area contributed by atoms with Crippen LogP contribution in [0.2, 0.25) is 0 Å². The highest BCUT2D eigenvalue weighted by molar-refractivity contribution is 8.02. The molecule has 2 rings (SSSR count). The molecule has 0 heterocycles. The number of thioether (sulfide) groups is 1. The summed E-state index contributed by atoms with van der Waals surface area (Å²) >= 11 is 8.24. The molecule has 0 nitrogen and oxygen atoms in total. The molecule has 0 amide bonds. The molecule has 0 aromatic heterocycles. The molecule has 0 unspecified atom stereocenters. The van der Waals surface area contributed by atoms with Crippen molar-refractivity contribution < 1.29 is 0 Å². The highest BCUT2D eigenvalue weighted by Gasteiger charge is 2.58. The highest BCUT2D eigenvalue weighted by atomic mass is 35.5. The lowest BCUT2D eigenvalue weighted by atomic mass is 10.4. The predicted molar refractivity (Wildman–Crippen MR) is 59.2 cm³/mol. The third kappa shape index (κ3) is 1.60. The van der Waals surface area contributed by atoms with Crippen molar-refractivity contribution >= 4 is 23.4 Å². The lowest BCUT2D eigenvalue weighted by Crippen LogP contribution is -1.94. The van der Waals surface area contributed by atoms with Crippen LogP contribution in [-0.4, -0.2) is 4.21 Å². The Hall–Kier alpha value is -0.140. The molecule has 0 bridgehead atoms. The summed E-state index contributed by atoms with van der Waals surface area (Å²) in [5.41, 5.74) is 0. The molecule has 0 spiro atoms. The van der Waals surface area contributed by atoms with Crippen LogP contribution < -0.4 is 0 Å². The van der Waals surface area contributed by atoms with Crippen molar-refractivity contribution in [1.29, 1.82) is 0 Å². The minimum Gasteiger partial charge on any atom is -0.106 e. The van der Waals surface area contributed by atoms with Crippen LogP contribution >= 0.6 is 23.4 Å². The SMILES string of the molecule is C[C@@H]1[C@@H](C)C1(Cl)Sc1ccccc1. The van der Waals surface area contributed by atoms with Gasteiger partial charge in [-0.05, 0) is 24.0 Å². The minimum absolute atomic E-state index is 0.0403. The van der Waals surface area contributed by atoms with Gasteiger partial charge < -0.3 is 0 Å². The molecule has 1 aromatic rings. The average Bonchev–Trinajstić information content (AvgIpc) is 2.58. The van der Waals surface area contributed by atoms with E-state index in [1.165, 1.54) is 4.90 Å². The van der Waals surface area contributed by atoms with E-state index in [2.05, 4.69) is 38.1 Å². The van der Waals surface area contributed by atoms with Crippen molar-refractivity contribution in [3.8, 4) is 0 Å². The van der Waals surface area contributed by atoms with Crippen molar-refractivity contribution in [3.05, 3.63) is 30.3 Å². The van der Waals surface area contributed by atoms with Crippen molar-refractivity contribution in [2.75, 3.05) is 0 Å². The second kappa shape index (κ2) is 3.21. The van der Waals surface area contributed by atoms with Gasteiger partial charge in [-0.25, -0.2) is 0 Å². The highest BCUT2D eigenvalue weighted by Crippen LogP contribution is 2.64. The van der Waals surface area contributed by atoms with E-state index in [9.17, 15) is 0 Å². The summed E-state index contributed by atoms with van der Waals surface area (Å²) in [5.74, 6) is 1.25. The summed E-state index contributed by atoms with van der Waals surface area (Å²) < 4.78 is -0.0403. The van der Waals surface area contributed by atoms with Gasteiger partial charge in [0.1, 0.15) is 0 Å². The Bertz CT molecular complexity index is 288. The van der Waals surface area contributed by atoms with Crippen LogP contribution in [0.4, 0.5) is 0 Å². The number of halogens is 1. The zero-order valence-electron chi connectivity index (χ0n) is 7.83. The standard InChI is InChI=1S/C11H13ClS/c1-8-9(2)11(8,12)13-10-6-4-3-5-7-10/h3-9H,1-2H3/t8-,9-/m1/s1. The summed E-state index contributed by atoms with van der Waals surface area (Å²) in [6.07, 6.45) is 0. The lowest BCUT2D eigenvalue weighted by molar-refractivity contribution is 0.834. The van der Waals surface area contributed by atoms with E-state index in [1.807, 2.05) is 6.07 Å². The molecule has 1 aliphatic rings. The van der Waals surface area contributed by atoms with Gasteiger partial charge in [0.15, 0.2) is 0 Å². The van der Waals surface area contributed by atoms with Crippen molar-refractivity contribution in [2.45, 2.75) is 22.9 Å². The average molecular weight is 213 g/mol. The second-order valence-corrected chi connectivity index (χ2v) is 5.89. The van der Waals surface area contributed by atoms with Crippen molar-refractivity contribution in [2.24, 2.45) is 11.8 Å². The Morgan fingerprint density at radius 2 is 1.69 bits per heavy atom. The van der Waals surface area contributed by atoms with Crippen molar-refractivity contribution in [3.63, 3.8) is 0 Å². The van der Waals surface area contributed by atoms with Crippen LogP contribution in [-0.2, 0) is 0 Å². The van der Waals surface area contributed by atoms with Gasteiger partial charge in [-0.1, -0.05) is 32.0 Å². The van der Waals surface area contributed by atoms with Gasteiger partial charge in [0, 0.05) is 4.90 Å². The first kappa shape index (κ1) is 9.42. The second-order valence-electron chi connectivity index (χ2n) is 3.69. The quantitative estimate of drug-likeness (QED) is 0.668. The summed E-state index contributed by atoms with van der Waals surface area (Å²) in [6, 6.07) is 10.4. The smallest absolute Gasteiger partial charge is 0.1000 e. The zero-order chi connectivity index (χ0) is 9.47. The Kier molecular flexibility index (Phi) is 2.33. The maximum atomic E-state index is 6.44. The third-order valence-corrected chi connectivity index (χ3v) is 5.38. The topological polar surface area (TPSA) is 0 Å². The first-order valence-electron chi connectivity index (χ1n) is 4.57. The number of hydrogen-bond donors (Lipinski definition) is 0. The molecule has 0 aliphatic heterocycles. The Morgan fingerprint density at radius 3 is 2.15 bits per heavy atom. The fourth-order valence-electron chi connectivity index (χ4n) is 1.54. The fraction of sp³-hybridized carbons (Fsp3) is 0.455. The number of rotatable bonds is 2. The van der Waals surface area contributed by atoms with Gasteiger partial charge in [0.2, 0.25) is 0 Å². The molecule has 2 heteroatoms. The van der Waals surface area contributed by atoms with Crippen LogP contribution in [0.25, 0.3) is 0 Å². The molecule has 0 saturated heterocycles. The van der Waals surface area contributed by atoms with Gasteiger partial charge in [0.25, 0.3) is 0 Å². The molecule has 70 valence electrons. The van der Waals surface area contributed by atoms with Gasteiger partial charge in [-0.15, -0.1) is 23.4 Å². The lowest BCUT2D eigenvalue weighted by Gasteiger charge is -2.07. The van der Waals surface area contributed by atoms with E-state index in [1.54, 1.807) is 11.8 Å². The Morgan fingerprint density at radius 1 is 1.15 bits per heavy atom. The number of benzene rings is 1. The molecular weight excluding hydrogens is 200 g/mol. The normalized spacial score (nSPS) is 37.5. The molecule has 1 aliphatic carbocycles. The largest absolute Gasteiger partial charge is 0.106 e. The molecule has 2 atom stereocenters. The maximum absolute atomic E-state index is 6.44. The summed E-state index contributed by atoms with van der Waals surface area (Å²) in [7, 11) is 0. The number of hydrogen-bond acceptors (Lipinski definition) is 1. The van der Waals surface area contributed by atoms with E-state index in [-0.39, 0.29) is 4.21 Å². The number of alkyl halides is 1. The Balaban J connectivity index is 2.08. The van der Waals surface area contributed by atoms with E-state index in [0.717, 1.165) is 0 Å². The van der Waals surface area contributed by atoms with Crippen LogP contribution in [0.1, 0.15) is 13.8 Å². The Labute approximate surface area is 88.7 Å². The molecule has 1 aromatic carbocycles. The molecule has 1 saturated carbocycles. The minimum atomic E-state index is -0.0403. The van der Waals surface area contributed by atoms with E-state index in [0.29, 0.717) is 11.8 Å². The van der Waals surface area contributed by atoms with Gasteiger partial charge in [-0.3, -0.25) is 0 Å². The maximum Gasteiger partial charge on any atom is 0.1000 e. The molecule has 13 heavy (non-hydrogen) atoms. The molecule has 0 radical (unpaired) electrons. The molecular formula is C11H13ClS. The zero-order valence-corrected chi connectivity index (χ0v) is 9.40. The van der Waals surface area contributed by atoms with Gasteiger partial charge in [0.05, 0.1) is 4.21 Å². The fourth-order valence-corrected chi connectivity index (χ4v) is 3.49. The predicted octanol–water partition coefficient (Wildman–Crippen LogP) is 4.00. The van der Waals surface area contributed by atoms with E-state index >= 15 is 0 Å². The van der Waals surface area contributed by atoms with E-state index in [4.69, 9.17) is 11.6 Å².